The lowest BCUT2D eigenvalue weighted by molar-refractivity contribution is -0.00211. The van der Waals surface area contributed by atoms with Crippen molar-refractivity contribution in [1.82, 2.24) is 4.90 Å². The minimum atomic E-state index is -0.295. The summed E-state index contributed by atoms with van der Waals surface area (Å²) in [4.78, 5) is 13.9. The Morgan fingerprint density at radius 1 is 1.50 bits per heavy atom. The van der Waals surface area contributed by atoms with E-state index in [9.17, 15) is 4.79 Å². The van der Waals surface area contributed by atoms with Crippen LogP contribution in [0.4, 0.5) is 4.79 Å². The van der Waals surface area contributed by atoms with Crippen LogP contribution in [0.2, 0.25) is 0 Å². The average Bonchev–Trinajstić information content (AvgIpc) is 2.22. The van der Waals surface area contributed by atoms with Crippen LogP contribution in [0.3, 0.4) is 0 Å². The monoisotopic (exact) mass is 227 g/mol. The summed E-state index contributed by atoms with van der Waals surface area (Å²) >= 11 is 0. The van der Waals surface area contributed by atoms with Gasteiger partial charge in [0.05, 0.1) is 0 Å². The average molecular weight is 227 g/mol. The molecule has 1 heterocycles. The summed E-state index contributed by atoms with van der Waals surface area (Å²) in [5.41, 5.74) is -0.458. The predicted molar refractivity (Wildman–Crippen MR) is 65.4 cm³/mol. The molecular formula is C13H25NO2. The maximum absolute atomic E-state index is 12.1. The zero-order valence-corrected chi connectivity index (χ0v) is 11.5. The normalized spacial score (nSPS) is 32.2. The van der Waals surface area contributed by atoms with Gasteiger partial charge in [0.1, 0.15) is 5.60 Å². The van der Waals surface area contributed by atoms with Gasteiger partial charge in [-0.15, -0.1) is 0 Å². The Bertz CT molecular complexity index is 270. The molecule has 1 fully saturated rings. The molecular weight excluding hydrogens is 202 g/mol. The largest absolute Gasteiger partial charge is 0.443 e. The molecule has 1 amide bonds. The third kappa shape index (κ3) is 2.89. The second-order valence-corrected chi connectivity index (χ2v) is 6.26. The van der Waals surface area contributed by atoms with E-state index in [1.54, 1.807) is 0 Å². The summed E-state index contributed by atoms with van der Waals surface area (Å²) in [5.74, 6) is 0.482. The van der Waals surface area contributed by atoms with Crippen molar-refractivity contribution in [2.45, 2.75) is 65.5 Å². The number of rotatable bonds is 1. The van der Waals surface area contributed by atoms with E-state index in [0.717, 1.165) is 19.4 Å². The number of amides is 1. The van der Waals surface area contributed by atoms with Crippen LogP contribution in [-0.2, 0) is 4.74 Å². The van der Waals surface area contributed by atoms with E-state index in [4.69, 9.17) is 4.74 Å². The first-order valence-electron chi connectivity index (χ1n) is 6.18. The highest BCUT2D eigenvalue weighted by Gasteiger charge is 2.39. The molecule has 1 saturated heterocycles. The van der Waals surface area contributed by atoms with Crippen LogP contribution in [0, 0.1) is 5.92 Å². The summed E-state index contributed by atoms with van der Waals surface area (Å²) in [5, 5.41) is 0. The van der Waals surface area contributed by atoms with Crippen LogP contribution in [0.15, 0.2) is 0 Å². The van der Waals surface area contributed by atoms with Crippen LogP contribution in [0.1, 0.15) is 54.4 Å². The standard InChI is InChI=1S/C13H25NO2/c1-7-13(6)8-10(2)9-14(11(15)16-13)12(3,4)5/h10H,7-9H2,1-6H3/t10-,13+/m1/s1. The number of cyclic esters (lactones) is 1. The number of hydrogen-bond acceptors (Lipinski definition) is 2. The molecule has 0 aliphatic carbocycles. The lowest BCUT2D eigenvalue weighted by Gasteiger charge is -2.35. The molecule has 1 rings (SSSR count). The molecule has 0 aromatic heterocycles. The Hall–Kier alpha value is -0.730. The van der Waals surface area contributed by atoms with Gasteiger partial charge >= 0.3 is 6.09 Å². The second kappa shape index (κ2) is 4.27. The van der Waals surface area contributed by atoms with Crippen LogP contribution >= 0.6 is 0 Å². The van der Waals surface area contributed by atoms with Gasteiger partial charge in [-0.3, -0.25) is 0 Å². The Labute approximate surface area is 99.1 Å². The fourth-order valence-electron chi connectivity index (χ4n) is 2.26. The topological polar surface area (TPSA) is 29.5 Å². The Balaban J connectivity index is 2.92. The third-order valence-corrected chi connectivity index (χ3v) is 3.39. The summed E-state index contributed by atoms with van der Waals surface area (Å²) in [6, 6.07) is 0. The SMILES string of the molecule is CC[C@@]1(C)C[C@@H](C)CN(C(C)(C)C)C(=O)O1. The van der Waals surface area contributed by atoms with E-state index >= 15 is 0 Å². The third-order valence-electron chi connectivity index (χ3n) is 3.39. The first-order valence-corrected chi connectivity index (χ1v) is 6.18. The molecule has 16 heavy (non-hydrogen) atoms. The number of hydrogen-bond donors (Lipinski definition) is 0. The Kier molecular flexibility index (Phi) is 3.56. The maximum Gasteiger partial charge on any atom is 0.410 e. The first-order chi connectivity index (χ1) is 7.18. The molecule has 3 heteroatoms. The molecule has 0 radical (unpaired) electrons. The molecule has 1 aliphatic heterocycles. The highest BCUT2D eigenvalue weighted by Crippen LogP contribution is 2.32. The van der Waals surface area contributed by atoms with E-state index in [0.29, 0.717) is 5.92 Å². The van der Waals surface area contributed by atoms with Crippen LogP contribution in [0.5, 0.6) is 0 Å². The van der Waals surface area contributed by atoms with Crippen molar-refractivity contribution in [3.8, 4) is 0 Å². The van der Waals surface area contributed by atoms with Gasteiger partial charge < -0.3 is 9.64 Å². The number of carbonyl (C=O) groups is 1. The molecule has 0 unspecified atom stereocenters. The van der Waals surface area contributed by atoms with Crippen LogP contribution < -0.4 is 0 Å². The van der Waals surface area contributed by atoms with Gasteiger partial charge in [-0.2, -0.15) is 0 Å². The molecule has 0 aromatic rings. The molecule has 1 aliphatic rings. The highest BCUT2D eigenvalue weighted by atomic mass is 16.6. The fraction of sp³-hybridized carbons (Fsp3) is 0.923. The Morgan fingerprint density at radius 3 is 2.50 bits per heavy atom. The van der Waals surface area contributed by atoms with Gasteiger partial charge in [-0.25, -0.2) is 4.79 Å². The van der Waals surface area contributed by atoms with Gasteiger partial charge in [-0.1, -0.05) is 13.8 Å². The van der Waals surface area contributed by atoms with Crippen molar-refractivity contribution < 1.29 is 9.53 Å². The van der Waals surface area contributed by atoms with Crippen molar-refractivity contribution in [3.05, 3.63) is 0 Å². The van der Waals surface area contributed by atoms with E-state index in [1.807, 2.05) is 11.8 Å². The molecule has 0 saturated carbocycles. The van der Waals surface area contributed by atoms with E-state index in [1.165, 1.54) is 0 Å². The molecule has 0 N–H and O–H groups in total. The lowest BCUT2D eigenvalue weighted by atomic mass is 9.90. The summed E-state index contributed by atoms with van der Waals surface area (Å²) in [7, 11) is 0. The van der Waals surface area contributed by atoms with E-state index < -0.39 is 0 Å². The highest BCUT2D eigenvalue weighted by molar-refractivity contribution is 5.69. The van der Waals surface area contributed by atoms with E-state index in [-0.39, 0.29) is 17.2 Å². The number of ether oxygens (including phenoxy) is 1. The number of nitrogens with zero attached hydrogens (tertiary/aromatic N) is 1. The molecule has 94 valence electrons. The van der Waals surface area contributed by atoms with Gasteiger partial charge in [0.15, 0.2) is 0 Å². The van der Waals surface area contributed by atoms with Gasteiger partial charge in [0.2, 0.25) is 0 Å². The minimum Gasteiger partial charge on any atom is -0.443 e. The lowest BCUT2D eigenvalue weighted by Crippen LogP contribution is -2.47. The first kappa shape index (κ1) is 13.3. The van der Waals surface area contributed by atoms with Crippen molar-refractivity contribution in [3.63, 3.8) is 0 Å². The zero-order valence-electron chi connectivity index (χ0n) is 11.5. The van der Waals surface area contributed by atoms with E-state index in [2.05, 4.69) is 34.6 Å². The smallest absolute Gasteiger partial charge is 0.410 e. The number of carbonyl (C=O) groups excluding carboxylic acids is 1. The summed E-state index contributed by atoms with van der Waals surface area (Å²) in [6.45, 7) is 13.2. The van der Waals surface area contributed by atoms with Crippen LogP contribution in [-0.4, -0.2) is 28.7 Å². The molecule has 0 spiro atoms. The molecule has 0 aromatic carbocycles. The molecule has 3 nitrogen and oxygen atoms in total. The van der Waals surface area contributed by atoms with Gasteiger partial charge in [0.25, 0.3) is 0 Å². The van der Waals surface area contributed by atoms with Gasteiger partial charge in [-0.05, 0) is 46.5 Å². The van der Waals surface area contributed by atoms with Crippen molar-refractivity contribution >= 4 is 6.09 Å². The van der Waals surface area contributed by atoms with Crippen molar-refractivity contribution in [1.29, 1.82) is 0 Å². The molecule has 2 atom stereocenters. The molecule has 0 bridgehead atoms. The summed E-state index contributed by atoms with van der Waals surface area (Å²) < 4.78 is 5.64. The maximum atomic E-state index is 12.1. The minimum absolute atomic E-state index is 0.162. The van der Waals surface area contributed by atoms with Gasteiger partial charge in [0, 0.05) is 12.1 Å². The van der Waals surface area contributed by atoms with Crippen molar-refractivity contribution in [2.24, 2.45) is 5.92 Å². The fourth-order valence-corrected chi connectivity index (χ4v) is 2.26. The Morgan fingerprint density at radius 2 is 2.06 bits per heavy atom. The quantitative estimate of drug-likeness (QED) is 0.687. The predicted octanol–water partition coefficient (Wildman–Crippen LogP) is 3.43. The van der Waals surface area contributed by atoms with Crippen LogP contribution in [0.25, 0.3) is 0 Å². The second-order valence-electron chi connectivity index (χ2n) is 6.26. The van der Waals surface area contributed by atoms with Crippen molar-refractivity contribution in [2.75, 3.05) is 6.54 Å². The zero-order chi connectivity index (χ0) is 12.6. The summed E-state index contributed by atoms with van der Waals surface area (Å²) in [6.07, 6.45) is 1.66.